The van der Waals surface area contributed by atoms with Crippen LogP contribution in [0.1, 0.15) is 16.7 Å². The average molecular weight is 344 g/mol. The molecule has 2 aromatic carbocycles. The highest BCUT2D eigenvalue weighted by molar-refractivity contribution is 5.61. The smallest absolute Gasteiger partial charge is 0.161 e. The molecule has 1 aliphatic heterocycles. The Morgan fingerprint density at radius 1 is 0.920 bits per heavy atom. The fraction of sp³-hybridized carbons (Fsp3) is 0.368. The summed E-state index contributed by atoms with van der Waals surface area (Å²) < 4.78 is 21.7. The average Bonchev–Trinajstić information content (AvgIpc) is 2.87. The minimum atomic E-state index is -1.60. The van der Waals surface area contributed by atoms with Crippen molar-refractivity contribution in [3.8, 4) is 23.0 Å². The molecule has 0 aromatic heterocycles. The van der Waals surface area contributed by atoms with Crippen LogP contribution in [0.4, 0.5) is 0 Å². The van der Waals surface area contributed by atoms with Gasteiger partial charge in [0.1, 0.15) is 23.7 Å². The van der Waals surface area contributed by atoms with Gasteiger partial charge in [-0.25, -0.2) is 0 Å². The van der Waals surface area contributed by atoms with Gasteiger partial charge in [0.05, 0.1) is 21.3 Å². The molecule has 0 spiro atoms. The van der Waals surface area contributed by atoms with Gasteiger partial charge >= 0.3 is 0 Å². The zero-order valence-corrected chi connectivity index (χ0v) is 14.3. The third kappa shape index (κ3) is 1.98. The lowest BCUT2D eigenvalue weighted by Crippen LogP contribution is -2.56. The normalized spacial score (nSPS) is 26.1. The lowest BCUT2D eigenvalue weighted by Gasteiger charge is -2.43. The van der Waals surface area contributed by atoms with E-state index in [9.17, 15) is 10.2 Å². The fourth-order valence-corrected chi connectivity index (χ4v) is 3.89. The maximum Gasteiger partial charge on any atom is 0.161 e. The summed E-state index contributed by atoms with van der Waals surface area (Å²) in [5.74, 6) is 2.18. The number of ether oxygens (including phenoxy) is 4. The molecule has 0 unspecified atom stereocenters. The fourth-order valence-electron chi connectivity index (χ4n) is 3.89. The Balaban J connectivity index is 1.96. The Kier molecular flexibility index (Phi) is 3.39. The first-order valence-corrected chi connectivity index (χ1v) is 7.98. The van der Waals surface area contributed by atoms with Crippen LogP contribution in [0.2, 0.25) is 0 Å². The summed E-state index contributed by atoms with van der Waals surface area (Å²) >= 11 is 0. The number of rotatable bonds is 3. The number of methoxy groups -OCH3 is 3. The molecule has 6 nitrogen and oxygen atoms in total. The van der Waals surface area contributed by atoms with E-state index >= 15 is 0 Å². The van der Waals surface area contributed by atoms with Crippen molar-refractivity contribution in [2.75, 3.05) is 27.9 Å². The maximum atomic E-state index is 11.7. The van der Waals surface area contributed by atoms with Gasteiger partial charge in [0, 0.05) is 18.1 Å². The second-order valence-electron chi connectivity index (χ2n) is 6.43. The highest BCUT2D eigenvalue weighted by atomic mass is 16.5. The van der Waals surface area contributed by atoms with Gasteiger partial charge in [0.25, 0.3) is 0 Å². The number of aliphatic hydroxyl groups is 2. The largest absolute Gasteiger partial charge is 0.497 e. The summed E-state index contributed by atoms with van der Waals surface area (Å²) in [6, 6.07) is 8.71. The van der Waals surface area contributed by atoms with Gasteiger partial charge in [-0.2, -0.15) is 0 Å². The van der Waals surface area contributed by atoms with Gasteiger partial charge in [-0.15, -0.1) is 0 Å². The Labute approximate surface area is 145 Å². The molecular weight excluding hydrogens is 324 g/mol. The predicted octanol–water partition coefficient (Wildman–Crippen LogP) is 1.63. The van der Waals surface area contributed by atoms with Gasteiger partial charge in [0.15, 0.2) is 17.1 Å². The Bertz CT molecular complexity index is 848. The summed E-state index contributed by atoms with van der Waals surface area (Å²) in [5.41, 5.74) is -1.15. The van der Waals surface area contributed by atoms with Crippen molar-refractivity contribution < 1.29 is 29.2 Å². The van der Waals surface area contributed by atoms with Gasteiger partial charge in [-0.3, -0.25) is 0 Å². The molecule has 1 aliphatic carbocycles. The van der Waals surface area contributed by atoms with E-state index in [0.29, 0.717) is 34.1 Å². The summed E-state index contributed by atoms with van der Waals surface area (Å²) in [4.78, 5) is 0. The topological polar surface area (TPSA) is 77.4 Å². The third-order valence-electron chi connectivity index (χ3n) is 5.20. The Morgan fingerprint density at radius 3 is 2.32 bits per heavy atom. The molecule has 2 aromatic rings. The number of hydrogen-bond acceptors (Lipinski definition) is 6. The molecular formula is C19H20O6. The molecule has 0 saturated heterocycles. The van der Waals surface area contributed by atoms with E-state index in [-0.39, 0.29) is 13.0 Å². The van der Waals surface area contributed by atoms with Crippen molar-refractivity contribution in [2.45, 2.75) is 17.6 Å². The highest BCUT2D eigenvalue weighted by Gasteiger charge is 2.61. The minimum Gasteiger partial charge on any atom is -0.497 e. The molecule has 4 rings (SSSR count). The van der Waals surface area contributed by atoms with Crippen LogP contribution >= 0.6 is 0 Å². The number of hydrogen-bond donors (Lipinski definition) is 2. The first-order valence-electron chi connectivity index (χ1n) is 7.98. The highest BCUT2D eigenvalue weighted by Crippen LogP contribution is 2.55. The van der Waals surface area contributed by atoms with E-state index in [0.717, 1.165) is 5.56 Å². The molecule has 0 amide bonds. The molecule has 0 fully saturated rings. The molecule has 1 heterocycles. The Hall–Kier alpha value is -2.44. The van der Waals surface area contributed by atoms with Crippen molar-refractivity contribution in [2.24, 2.45) is 0 Å². The molecule has 25 heavy (non-hydrogen) atoms. The Morgan fingerprint density at radius 2 is 1.64 bits per heavy atom. The predicted molar refractivity (Wildman–Crippen MR) is 89.7 cm³/mol. The third-order valence-corrected chi connectivity index (χ3v) is 5.20. The first-order chi connectivity index (χ1) is 12.0. The van der Waals surface area contributed by atoms with E-state index in [1.54, 1.807) is 44.6 Å². The van der Waals surface area contributed by atoms with E-state index in [1.165, 1.54) is 7.11 Å². The van der Waals surface area contributed by atoms with E-state index in [1.807, 2.05) is 0 Å². The van der Waals surface area contributed by atoms with Crippen molar-refractivity contribution in [3.05, 3.63) is 47.0 Å². The second kappa shape index (κ2) is 5.28. The van der Waals surface area contributed by atoms with Crippen molar-refractivity contribution >= 4 is 0 Å². The molecule has 0 bridgehead atoms. The maximum absolute atomic E-state index is 11.7. The van der Waals surface area contributed by atoms with Crippen LogP contribution in [-0.2, 0) is 12.0 Å². The zero-order valence-electron chi connectivity index (χ0n) is 14.3. The van der Waals surface area contributed by atoms with Crippen LogP contribution in [0.3, 0.4) is 0 Å². The molecule has 0 radical (unpaired) electrons. The van der Waals surface area contributed by atoms with Crippen LogP contribution in [0, 0.1) is 0 Å². The van der Waals surface area contributed by atoms with Crippen LogP contribution in [0.25, 0.3) is 0 Å². The van der Waals surface area contributed by atoms with Gasteiger partial charge in [-0.05, 0) is 35.4 Å². The van der Waals surface area contributed by atoms with Gasteiger partial charge < -0.3 is 29.2 Å². The number of fused-ring (bicyclic) bond motifs is 5. The minimum absolute atomic E-state index is 0.0248. The zero-order chi connectivity index (χ0) is 17.8. The van der Waals surface area contributed by atoms with Crippen molar-refractivity contribution in [1.29, 1.82) is 0 Å². The van der Waals surface area contributed by atoms with Crippen molar-refractivity contribution in [3.63, 3.8) is 0 Å². The molecule has 132 valence electrons. The van der Waals surface area contributed by atoms with E-state index in [2.05, 4.69) is 0 Å². The van der Waals surface area contributed by atoms with Crippen LogP contribution in [-0.4, -0.2) is 43.8 Å². The second-order valence-corrected chi connectivity index (χ2v) is 6.43. The van der Waals surface area contributed by atoms with E-state index < -0.39 is 11.2 Å². The lowest BCUT2D eigenvalue weighted by atomic mass is 9.76. The lowest BCUT2D eigenvalue weighted by molar-refractivity contribution is -0.152. The SMILES string of the molecule is COc1ccc2c(c1)OC[C@]1(O)Cc3cc(OC)c(OC)cc3[C@]21O. The number of benzene rings is 2. The quantitative estimate of drug-likeness (QED) is 0.881. The molecule has 6 heteroatoms. The van der Waals surface area contributed by atoms with Crippen LogP contribution < -0.4 is 18.9 Å². The molecule has 2 aliphatic rings. The monoisotopic (exact) mass is 344 g/mol. The van der Waals surface area contributed by atoms with Gasteiger partial charge in [-0.1, -0.05) is 0 Å². The van der Waals surface area contributed by atoms with Crippen molar-refractivity contribution in [1.82, 2.24) is 0 Å². The van der Waals surface area contributed by atoms with Crippen LogP contribution in [0.15, 0.2) is 30.3 Å². The summed E-state index contributed by atoms with van der Waals surface area (Å²) in [5, 5.41) is 22.9. The van der Waals surface area contributed by atoms with Gasteiger partial charge in [0.2, 0.25) is 0 Å². The summed E-state index contributed by atoms with van der Waals surface area (Å²) in [6.45, 7) is -0.0248. The van der Waals surface area contributed by atoms with Crippen LogP contribution in [0.5, 0.6) is 23.0 Å². The molecule has 0 saturated carbocycles. The molecule has 2 atom stereocenters. The molecule has 2 N–H and O–H groups in total. The summed E-state index contributed by atoms with van der Waals surface area (Å²) in [7, 11) is 4.66. The standard InChI is InChI=1S/C19H20O6/c1-22-12-4-5-13-15(7-12)25-10-18(20)9-11-6-16(23-2)17(24-3)8-14(11)19(13,18)21/h4-8,20-21H,9-10H2,1-3H3/t18-,19-/m1/s1. The van der Waals surface area contributed by atoms with E-state index in [4.69, 9.17) is 18.9 Å². The first kappa shape index (κ1) is 16.1. The summed E-state index contributed by atoms with van der Waals surface area (Å²) in [6.07, 6.45) is 0.255.